The summed E-state index contributed by atoms with van der Waals surface area (Å²) in [5.74, 6) is -0.592. The van der Waals surface area contributed by atoms with Crippen LogP contribution in [0.4, 0.5) is 0 Å². The van der Waals surface area contributed by atoms with Gasteiger partial charge in [-0.05, 0) is 19.3 Å². The molecule has 0 aromatic rings. The van der Waals surface area contributed by atoms with Crippen molar-refractivity contribution in [3.05, 3.63) is 0 Å². The highest BCUT2D eigenvalue weighted by Crippen LogP contribution is 2.10. The Labute approximate surface area is 93.5 Å². The van der Waals surface area contributed by atoms with Crippen LogP contribution in [0.2, 0.25) is 0 Å². The summed E-state index contributed by atoms with van der Waals surface area (Å²) in [5.41, 5.74) is 0. The molecule has 78 valence electrons. The number of rotatable bonds is 6. The number of hydrogen-bond donors (Lipinski definition) is 0. The van der Waals surface area contributed by atoms with Crippen LogP contribution in [0, 0.1) is 0 Å². The van der Waals surface area contributed by atoms with Crippen molar-refractivity contribution in [1.29, 1.82) is 0 Å². The van der Waals surface area contributed by atoms with Crippen LogP contribution in [0.3, 0.4) is 0 Å². The molecule has 0 N–H and O–H groups in total. The lowest BCUT2D eigenvalue weighted by molar-refractivity contribution is -0.141. The van der Waals surface area contributed by atoms with E-state index in [1.807, 2.05) is 6.92 Å². The smallest absolute Gasteiger partial charge is 0.339 e. The summed E-state index contributed by atoms with van der Waals surface area (Å²) in [4.78, 5) is 9.65. The van der Waals surface area contributed by atoms with E-state index in [4.69, 9.17) is 39.5 Å². The molecule has 1 unspecified atom stereocenters. The molecule has 0 aliphatic rings. The van der Waals surface area contributed by atoms with Gasteiger partial charge in [-0.25, -0.2) is 4.79 Å². The Balaban J connectivity index is 3.31. The lowest BCUT2D eigenvalue weighted by Crippen LogP contribution is -2.13. The van der Waals surface area contributed by atoms with Crippen molar-refractivity contribution in [3.8, 4) is 0 Å². The molecule has 0 saturated heterocycles. The van der Waals surface area contributed by atoms with Crippen LogP contribution in [-0.4, -0.2) is 22.8 Å². The molecule has 0 radical (unpaired) electrons. The van der Waals surface area contributed by atoms with Gasteiger partial charge in [-0.1, -0.05) is 30.1 Å². The number of ether oxygens (including phenoxy) is 1. The largest absolute Gasteiger partial charge is 0.464 e. The zero-order valence-corrected chi connectivity index (χ0v) is 9.70. The first-order valence-electron chi connectivity index (χ1n) is 4.16. The zero-order chi connectivity index (χ0) is 10.3. The van der Waals surface area contributed by atoms with Gasteiger partial charge in [0.15, 0.2) is 0 Å². The number of alkyl halides is 3. The second-order valence-corrected chi connectivity index (χ2v) is 4.33. The van der Waals surface area contributed by atoms with E-state index >= 15 is 0 Å². The van der Waals surface area contributed by atoms with Crippen molar-refractivity contribution in [2.45, 2.75) is 36.4 Å². The molecule has 0 saturated carbocycles. The Morgan fingerprint density at radius 1 is 1.38 bits per heavy atom. The van der Waals surface area contributed by atoms with Crippen LogP contribution >= 0.6 is 34.8 Å². The molecule has 0 amide bonds. The predicted molar refractivity (Wildman–Crippen MR) is 55.6 cm³/mol. The van der Waals surface area contributed by atoms with E-state index in [1.54, 1.807) is 0 Å². The van der Waals surface area contributed by atoms with Crippen LogP contribution in [-0.2, 0) is 9.53 Å². The van der Waals surface area contributed by atoms with Crippen LogP contribution < -0.4 is 0 Å². The normalized spacial score (nSPS) is 13.0. The molecule has 0 aromatic carbocycles. The van der Waals surface area contributed by atoms with Crippen LogP contribution in [0.15, 0.2) is 0 Å². The third-order valence-electron chi connectivity index (χ3n) is 1.53. The molecule has 0 spiro atoms. The minimum atomic E-state index is -1.09. The summed E-state index contributed by atoms with van der Waals surface area (Å²) in [6, 6.07) is 0. The molecule has 0 bridgehead atoms. The molecule has 0 aromatic heterocycles. The highest BCUT2D eigenvalue weighted by atomic mass is 35.5. The van der Waals surface area contributed by atoms with E-state index in [1.165, 1.54) is 0 Å². The van der Waals surface area contributed by atoms with E-state index in [0.29, 0.717) is 6.61 Å². The van der Waals surface area contributed by atoms with E-state index in [9.17, 15) is 4.79 Å². The first-order chi connectivity index (χ1) is 6.07. The SMILES string of the molecule is CCC(Cl)CCCOC(=O)C(Cl)Cl. The minimum absolute atomic E-state index is 0.154. The first kappa shape index (κ1) is 13.3. The number of carbonyl (C=O) groups excluding carboxylic acids is 1. The average Bonchev–Trinajstić information content (AvgIpc) is 2.11. The topological polar surface area (TPSA) is 26.3 Å². The highest BCUT2D eigenvalue weighted by Gasteiger charge is 2.12. The van der Waals surface area contributed by atoms with Gasteiger partial charge in [-0.3, -0.25) is 0 Å². The third-order valence-corrected chi connectivity index (χ3v) is 2.41. The minimum Gasteiger partial charge on any atom is -0.464 e. The number of hydrogen-bond acceptors (Lipinski definition) is 2. The summed E-state index contributed by atoms with van der Waals surface area (Å²) < 4.78 is 4.74. The maximum absolute atomic E-state index is 10.7. The van der Waals surface area contributed by atoms with Gasteiger partial charge in [-0.15, -0.1) is 11.6 Å². The highest BCUT2D eigenvalue weighted by molar-refractivity contribution is 6.52. The predicted octanol–water partition coefficient (Wildman–Crippen LogP) is 3.13. The Kier molecular flexibility index (Phi) is 7.92. The molecule has 0 aliphatic heterocycles. The molecule has 13 heavy (non-hydrogen) atoms. The number of esters is 1. The molecule has 0 aliphatic carbocycles. The first-order valence-corrected chi connectivity index (χ1v) is 5.47. The molecule has 1 atom stereocenters. The summed E-state index contributed by atoms with van der Waals surface area (Å²) in [6.45, 7) is 2.34. The van der Waals surface area contributed by atoms with Gasteiger partial charge in [-0.2, -0.15) is 0 Å². The van der Waals surface area contributed by atoms with Crippen molar-refractivity contribution in [2.75, 3.05) is 6.61 Å². The molecule has 2 nitrogen and oxygen atoms in total. The molecule has 0 fully saturated rings. The van der Waals surface area contributed by atoms with Crippen LogP contribution in [0.1, 0.15) is 26.2 Å². The van der Waals surface area contributed by atoms with Gasteiger partial charge >= 0.3 is 5.97 Å². The maximum atomic E-state index is 10.7. The van der Waals surface area contributed by atoms with Crippen LogP contribution in [0.5, 0.6) is 0 Å². The summed E-state index contributed by atoms with van der Waals surface area (Å²) in [5, 5.41) is 0.154. The van der Waals surface area contributed by atoms with E-state index in [-0.39, 0.29) is 5.38 Å². The Morgan fingerprint density at radius 3 is 2.46 bits per heavy atom. The van der Waals surface area contributed by atoms with Gasteiger partial charge in [0, 0.05) is 5.38 Å². The van der Waals surface area contributed by atoms with Gasteiger partial charge in [0.2, 0.25) is 4.84 Å². The second-order valence-electron chi connectivity index (χ2n) is 2.62. The van der Waals surface area contributed by atoms with Crippen molar-refractivity contribution < 1.29 is 9.53 Å². The second kappa shape index (κ2) is 7.72. The van der Waals surface area contributed by atoms with E-state index in [2.05, 4.69) is 0 Å². The summed E-state index contributed by atoms with van der Waals surface area (Å²) in [6.07, 6.45) is 2.50. The molecule has 0 heterocycles. The Bertz CT molecular complexity index is 150. The Hall–Kier alpha value is 0.340. The van der Waals surface area contributed by atoms with Gasteiger partial charge in [0.1, 0.15) is 0 Å². The van der Waals surface area contributed by atoms with Gasteiger partial charge < -0.3 is 4.74 Å². The fraction of sp³-hybridized carbons (Fsp3) is 0.875. The lowest BCUT2D eigenvalue weighted by atomic mass is 10.2. The van der Waals surface area contributed by atoms with Crippen molar-refractivity contribution in [1.82, 2.24) is 0 Å². The van der Waals surface area contributed by atoms with Gasteiger partial charge in [0.05, 0.1) is 6.61 Å². The van der Waals surface area contributed by atoms with Crippen LogP contribution in [0.25, 0.3) is 0 Å². The fourth-order valence-corrected chi connectivity index (χ4v) is 1.02. The Morgan fingerprint density at radius 2 is 2.00 bits per heavy atom. The molecule has 0 rings (SSSR count). The summed E-state index contributed by atoms with van der Waals surface area (Å²) in [7, 11) is 0. The lowest BCUT2D eigenvalue weighted by Gasteiger charge is -2.07. The molecular formula is C8H13Cl3O2. The van der Waals surface area contributed by atoms with Gasteiger partial charge in [0.25, 0.3) is 0 Å². The number of carbonyl (C=O) groups is 1. The summed E-state index contributed by atoms with van der Waals surface area (Å²) >= 11 is 16.4. The quantitative estimate of drug-likeness (QED) is 0.409. The van der Waals surface area contributed by atoms with Crippen molar-refractivity contribution >= 4 is 40.8 Å². The fourth-order valence-electron chi connectivity index (χ4n) is 0.745. The molecule has 5 heteroatoms. The standard InChI is InChI=1S/C8H13Cl3O2/c1-2-6(9)4-3-5-13-8(12)7(10)11/h6-7H,2-5H2,1H3. The van der Waals surface area contributed by atoms with Crippen molar-refractivity contribution in [3.63, 3.8) is 0 Å². The number of halogens is 3. The average molecular weight is 248 g/mol. The van der Waals surface area contributed by atoms with E-state index in [0.717, 1.165) is 19.3 Å². The maximum Gasteiger partial charge on any atom is 0.339 e. The zero-order valence-electron chi connectivity index (χ0n) is 7.43. The molecular weight excluding hydrogens is 234 g/mol. The monoisotopic (exact) mass is 246 g/mol. The van der Waals surface area contributed by atoms with E-state index < -0.39 is 10.8 Å². The third kappa shape index (κ3) is 7.41. The van der Waals surface area contributed by atoms with Crippen molar-refractivity contribution in [2.24, 2.45) is 0 Å².